The Kier molecular flexibility index (Phi) is 8.21. The summed E-state index contributed by atoms with van der Waals surface area (Å²) >= 11 is 0. The van der Waals surface area contributed by atoms with E-state index in [1.807, 2.05) is 72.8 Å². The van der Waals surface area contributed by atoms with Crippen molar-refractivity contribution >= 4 is 43.6 Å². The van der Waals surface area contributed by atoms with Gasteiger partial charge in [-0.3, -0.25) is 0 Å². The molecule has 0 N–H and O–H groups in total. The molecule has 0 atom stereocenters. The second-order valence-electron chi connectivity index (χ2n) is 15.3. The van der Waals surface area contributed by atoms with E-state index in [0.29, 0.717) is 23.0 Å². The highest BCUT2D eigenvalue weighted by Gasteiger charge is 2.24. The second-order valence-corrected chi connectivity index (χ2v) is 15.3. The predicted molar refractivity (Wildman–Crippen MR) is 244 cm³/mol. The lowest BCUT2D eigenvalue weighted by Gasteiger charge is -2.20. The Hall–Kier alpha value is -8.14. The second kappa shape index (κ2) is 14.1. The summed E-state index contributed by atoms with van der Waals surface area (Å²) in [6, 6.07) is 65.5. The zero-order valence-electron chi connectivity index (χ0n) is 33.0. The third-order valence-corrected chi connectivity index (χ3v) is 11.5. The third kappa shape index (κ3) is 5.67. The van der Waals surface area contributed by atoms with Gasteiger partial charge in [0.15, 0.2) is 17.5 Å². The molecule has 11 rings (SSSR count). The normalized spacial score (nSPS) is 11.5. The van der Waals surface area contributed by atoms with Crippen molar-refractivity contribution in [2.75, 3.05) is 0 Å². The molecule has 0 fully saturated rings. The van der Waals surface area contributed by atoms with Gasteiger partial charge in [-0.25, -0.2) is 15.0 Å². The minimum Gasteiger partial charge on any atom is -0.309 e. The maximum absolute atomic E-state index is 11.1. The van der Waals surface area contributed by atoms with Crippen LogP contribution in [0.3, 0.4) is 0 Å². The molecule has 0 aliphatic rings. The van der Waals surface area contributed by atoms with Crippen molar-refractivity contribution in [3.05, 3.63) is 199 Å². The van der Waals surface area contributed by atoms with Crippen LogP contribution in [0.5, 0.6) is 0 Å². The molecule has 0 spiro atoms. The number of aryl methyl sites for hydroxylation is 2. The molecule has 6 nitrogen and oxygen atoms in total. The molecule has 6 heteroatoms. The Morgan fingerprint density at radius 3 is 1.43 bits per heavy atom. The summed E-state index contributed by atoms with van der Waals surface area (Å²) in [5.41, 5.74) is 13.4. The number of para-hydroxylation sites is 2. The van der Waals surface area contributed by atoms with Gasteiger partial charge in [-0.1, -0.05) is 126 Å². The molecule has 282 valence electrons. The van der Waals surface area contributed by atoms with Crippen molar-refractivity contribution in [2.24, 2.45) is 0 Å². The molecule has 0 unspecified atom stereocenters. The zero-order valence-corrected chi connectivity index (χ0v) is 33.0. The summed E-state index contributed by atoms with van der Waals surface area (Å²) in [6.45, 7) is 4.27. The lowest BCUT2D eigenvalue weighted by Crippen LogP contribution is -2.05. The molecular formula is C54H36N6. The van der Waals surface area contributed by atoms with Gasteiger partial charge >= 0.3 is 0 Å². The minimum absolute atomic E-state index is 0.539. The van der Waals surface area contributed by atoms with Crippen LogP contribution in [0.15, 0.2) is 182 Å². The van der Waals surface area contributed by atoms with E-state index in [9.17, 15) is 5.26 Å². The van der Waals surface area contributed by atoms with Gasteiger partial charge in [-0.05, 0) is 80.6 Å². The zero-order chi connectivity index (χ0) is 40.3. The highest BCUT2D eigenvalue weighted by atomic mass is 15.0. The van der Waals surface area contributed by atoms with Crippen molar-refractivity contribution in [3.8, 4) is 62.7 Å². The molecule has 0 bridgehead atoms. The number of hydrogen-bond acceptors (Lipinski definition) is 4. The van der Waals surface area contributed by atoms with Gasteiger partial charge < -0.3 is 9.13 Å². The molecule has 0 aliphatic carbocycles. The number of nitriles is 1. The lowest BCUT2D eigenvalue weighted by molar-refractivity contribution is 1.07. The summed E-state index contributed by atoms with van der Waals surface area (Å²) in [5.74, 6) is 1.71. The van der Waals surface area contributed by atoms with E-state index in [2.05, 4.69) is 138 Å². The molecule has 60 heavy (non-hydrogen) atoms. The fourth-order valence-corrected chi connectivity index (χ4v) is 8.80. The lowest BCUT2D eigenvalue weighted by atomic mass is 9.94. The quantitative estimate of drug-likeness (QED) is 0.169. The third-order valence-electron chi connectivity index (χ3n) is 11.5. The van der Waals surface area contributed by atoms with Gasteiger partial charge in [0.1, 0.15) is 0 Å². The Bertz CT molecular complexity index is 3460. The van der Waals surface area contributed by atoms with Gasteiger partial charge in [0.25, 0.3) is 0 Å². The van der Waals surface area contributed by atoms with Crippen molar-refractivity contribution in [1.29, 1.82) is 5.26 Å². The number of nitrogens with zero attached hydrogens (tertiary/aromatic N) is 6. The van der Waals surface area contributed by atoms with Crippen LogP contribution in [0.25, 0.3) is 100 Å². The Morgan fingerprint density at radius 2 is 0.883 bits per heavy atom. The Balaban J connectivity index is 1.26. The van der Waals surface area contributed by atoms with Gasteiger partial charge in [0.05, 0.1) is 45.1 Å². The Morgan fingerprint density at radius 1 is 0.400 bits per heavy atom. The first-order chi connectivity index (χ1) is 29.5. The molecule has 0 saturated heterocycles. The summed E-state index contributed by atoms with van der Waals surface area (Å²) in [6.07, 6.45) is 0. The molecule has 3 heterocycles. The average Bonchev–Trinajstić information content (AvgIpc) is 3.80. The molecule has 3 aromatic heterocycles. The smallest absolute Gasteiger partial charge is 0.164 e. The van der Waals surface area contributed by atoms with E-state index in [1.54, 1.807) is 0 Å². The van der Waals surface area contributed by atoms with Gasteiger partial charge in [0.2, 0.25) is 0 Å². The predicted octanol–water partition coefficient (Wildman–Crippen LogP) is 13.2. The molecule has 8 aromatic carbocycles. The van der Waals surface area contributed by atoms with Gasteiger partial charge in [-0.2, -0.15) is 5.26 Å². The molecule has 0 aliphatic heterocycles. The maximum Gasteiger partial charge on any atom is 0.164 e. The monoisotopic (exact) mass is 768 g/mol. The number of hydrogen-bond donors (Lipinski definition) is 0. The van der Waals surface area contributed by atoms with Crippen LogP contribution in [-0.4, -0.2) is 24.1 Å². The SMILES string of the molecule is Cc1ccc2c(c1)c1ccccc1n2-c1ccc(-c2nc(-c3ccccc3)nc(-c3ccccc3)n2)cc1-c1c(C#N)cccc1-n1c2ccccc2c2cc(C)ccc21. The first-order valence-corrected chi connectivity index (χ1v) is 20.1. The number of benzene rings is 8. The summed E-state index contributed by atoms with van der Waals surface area (Å²) in [4.78, 5) is 15.3. The standard InChI is InChI=1S/C54H36N6/c1-34-24-27-47-42(30-34)40-19-9-11-21-45(40)59(47)49-29-26-38(54-57-52(36-14-5-3-6-15-36)56-53(58-54)37-16-7-4-8-17-37)32-44(49)51-39(33-55)18-13-23-50(51)60-46-22-12-10-20-41(46)43-31-35(2)25-28-48(43)60/h3-32H,1-2H3. The average molecular weight is 769 g/mol. The fraction of sp³-hybridized carbons (Fsp3) is 0.0370. The maximum atomic E-state index is 11.1. The number of rotatable bonds is 6. The molecule has 0 radical (unpaired) electrons. The number of fused-ring (bicyclic) bond motifs is 6. The van der Waals surface area contributed by atoms with Crippen LogP contribution >= 0.6 is 0 Å². The van der Waals surface area contributed by atoms with Crippen LogP contribution < -0.4 is 0 Å². The van der Waals surface area contributed by atoms with Crippen molar-refractivity contribution in [3.63, 3.8) is 0 Å². The van der Waals surface area contributed by atoms with E-state index in [1.165, 1.54) is 16.5 Å². The van der Waals surface area contributed by atoms with Crippen molar-refractivity contribution < 1.29 is 0 Å². The number of aromatic nitrogens is 5. The van der Waals surface area contributed by atoms with Crippen molar-refractivity contribution in [2.45, 2.75) is 13.8 Å². The van der Waals surface area contributed by atoms with Gasteiger partial charge in [0, 0.05) is 49.4 Å². The van der Waals surface area contributed by atoms with Crippen LogP contribution in [-0.2, 0) is 0 Å². The summed E-state index contributed by atoms with van der Waals surface area (Å²) in [7, 11) is 0. The first-order valence-electron chi connectivity index (χ1n) is 20.1. The topological polar surface area (TPSA) is 72.3 Å². The molecule has 11 aromatic rings. The summed E-state index contributed by atoms with van der Waals surface area (Å²) in [5, 5.41) is 15.7. The highest BCUT2D eigenvalue weighted by molar-refractivity contribution is 6.12. The van der Waals surface area contributed by atoms with E-state index in [4.69, 9.17) is 15.0 Å². The van der Waals surface area contributed by atoms with Crippen LogP contribution in [0.2, 0.25) is 0 Å². The van der Waals surface area contributed by atoms with Crippen LogP contribution in [0.4, 0.5) is 0 Å². The van der Waals surface area contributed by atoms with Crippen LogP contribution in [0.1, 0.15) is 16.7 Å². The molecular weight excluding hydrogens is 733 g/mol. The minimum atomic E-state index is 0.539. The van der Waals surface area contributed by atoms with Crippen LogP contribution in [0, 0.1) is 25.2 Å². The van der Waals surface area contributed by atoms with Crippen molar-refractivity contribution in [1.82, 2.24) is 24.1 Å². The van der Waals surface area contributed by atoms with Gasteiger partial charge in [-0.15, -0.1) is 0 Å². The fourth-order valence-electron chi connectivity index (χ4n) is 8.80. The molecule has 0 amide bonds. The summed E-state index contributed by atoms with van der Waals surface area (Å²) < 4.78 is 4.66. The highest BCUT2D eigenvalue weighted by Crippen LogP contribution is 2.43. The van der Waals surface area contributed by atoms with E-state index in [0.717, 1.165) is 77.4 Å². The van der Waals surface area contributed by atoms with E-state index < -0.39 is 0 Å². The van der Waals surface area contributed by atoms with E-state index in [-0.39, 0.29) is 0 Å². The molecule has 0 saturated carbocycles. The largest absolute Gasteiger partial charge is 0.309 e. The van der Waals surface area contributed by atoms with E-state index >= 15 is 0 Å². The Labute approximate surface area is 346 Å². The first kappa shape index (κ1) is 35.1.